The first-order valence-corrected chi connectivity index (χ1v) is 8.26. The number of aromatic nitrogens is 1. The molecule has 0 aliphatic carbocycles. The summed E-state index contributed by atoms with van der Waals surface area (Å²) in [4.78, 5) is 16.2. The number of nitrogens with one attached hydrogen (secondary N) is 2. The number of amides is 2. The van der Waals surface area contributed by atoms with Gasteiger partial charge >= 0.3 is 12.2 Å². The average molecular weight is 365 g/mol. The molecule has 130 valence electrons. The number of benzene rings is 2. The summed E-state index contributed by atoms with van der Waals surface area (Å²) in [5.74, 6) is 0. The molecule has 0 saturated carbocycles. The summed E-state index contributed by atoms with van der Waals surface area (Å²) in [5.41, 5.74) is 0.514. The number of thiazole rings is 1. The number of nitrogens with zero attached hydrogens (tertiary/aromatic N) is 1. The zero-order chi connectivity index (χ0) is 17.9. The lowest BCUT2D eigenvalue weighted by molar-refractivity contribution is -0.137. The Bertz CT molecular complexity index is 859. The zero-order valence-electron chi connectivity index (χ0n) is 12.9. The van der Waals surface area contributed by atoms with Crippen LogP contribution >= 0.6 is 11.3 Å². The third kappa shape index (κ3) is 4.48. The quantitative estimate of drug-likeness (QED) is 0.724. The van der Waals surface area contributed by atoms with Crippen LogP contribution in [0.1, 0.15) is 16.1 Å². The topological polar surface area (TPSA) is 54.0 Å². The fraction of sp³-hybridized carbons (Fsp3) is 0.176. The Morgan fingerprint density at radius 3 is 2.56 bits per heavy atom. The van der Waals surface area contributed by atoms with Crippen molar-refractivity contribution >= 4 is 27.6 Å². The van der Waals surface area contributed by atoms with E-state index in [2.05, 4.69) is 15.6 Å². The lowest BCUT2D eigenvalue weighted by atomic mass is 10.1. The number of urea groups is 1. The van der Waals surface area contributed by atoms with E-state index >= 15 is 0 Å². The van der Waals surface area contributed by atoms with E-state index in [0.29, 0.717) is 5.56 Å². The summed E-state index contributed by atoms with van der Waals surface area (Å²) in [6.07, 6.45) is -4.40. The molecule has 1 aromatic heterocycles. The van der Waals surface area contributed by atoms with Crippen molar-refractivity contribution in [3.8, 4) is 0 Å². The molecule has 1 heterocycles. The number of halogens is 3. The molecule has 2 amide bonds. The van der Waals surface area contributed by atoms with E-state index in [1.165, 1.54) is 23.5 Å². The maximum atomic E-state index is 12.7. The van der Waals surface area contributed by atoms with Crippen LogP contribution in [0, 0.1) is 0 Å². The highest BCUT2D eigenvalue weighted by Gasteiger charge is 2.30. The summed E-state index contributed by atoms with van der Waals surface area (Å²) < 4.78 is 39.0. The third-order valence-corrected chi connectivity index (χ3v) is 4.48. The van der Waals surface area contributed by atoms with Crippen LogP contribution in [0.2, 0.25) is 0 Å². The van der Waals surface area contributed by atoms with Crippen LogP contribution in [-0.4, -0.2) is 11.0 Å². The van der Waals surface area contributed by atoms with Gasteiger partial charge in [0, 0.05) is 6.54 Å². The lowest BCUT2D eigenvalue weighted by Gasteiger charge is -2.10. The molecule has 0 aliphatic rings. The van der Waals surface area contributed by atoms with Gasteiger partial charge in [-0.1, -0.05) is 24.3 Å². The molecule has 0 fully saturated rings. The molecule has 2 N–H and O–H groups in total. The van der Waals surface area contributed by atoms with Crippen molar-refractivity contribution < 1.29 is 18.0 Å². The van der Waals surface area contributed by atoms with Crippen molar-refractivity contribution in [2.45, 2.75) is 19.3 Å². The second-order valence-corrected chi connectivity index (χ2v) is 6.42. The third-order valence-electron chi connectivity index (χ3n) is 3.45. The Morgan fingerprint density at radius 2 is 1.80 bits per heavy atom. The Kier molecular flexibility index (Phi) is 4.89. The predicted octanol–water partition coefficient (Wildman–Crippen LogP) is 4.31. The van der Waals surface area contributed by atoms with E-state index in [9.17, 15) is 18.0 Å². The molecular weight excluding hydrogens is 351 g/mol. The second kappa shape index (κ2) is 7.10. The van der Waals surface area contributed by atoms with Crippen molar-refractivity contribution in [2.75, 3.05) is 0 Å². The molecule has 8 heteroatoms. The fourth-order valence-corrected chi connectivity index (χ4v) is 3.16. The molecular formula is C17H14F3N3OS. The minimum absolute atomic E-state index is 0.00952. The van der Waals surface area contributed by atoms with Gasteiger partial charge < -0.3 is 10.6 Å². The van der Waals surface area contributed by atoms with Crippen LogP contribution in [0.4, 0.5) is 18.0 Å². The van der Waals surface area contributed by atoms with Gasteiger partial charge in [0.25, 0.3) is 0 Å². The summed E-state index contributed by atoms with van der Waals surface area (Å²) in [5, 5.41) is 5.95. The van der Waals surface area contributed by atoms with E-state index in [1.54, 1.807) is 0 Å². The number of alkyl halides is 3. The number of hydrogen-bond acceptors (Lipinski definition) is 3. The summed E-state index contributed by atoms with van der Waals surface area (Å²) in [7, 11) is 0. The SMILES string of the molecule is O=C(NCc1cccc(C(F)(F)F)c1)NCc1nc2ccccc2s1. The molecule has 0 bridgehead atoms. The number of fused-ring (bicyclic) bond motifs is 1. The van der Waals surface area contributed by atoms with E-state index in [-0.39, 0.29) is 13.1 Å². The van der Waals surface area contributed by atoms with Gasteiger partial charge in [-0.15, -0.1) is 11.3 Å². The highest BCUT2D eigenvalue weighted by atomic mass is 32.1. The van der Waals surface area contributed by atoms with Gasteiger partial charge in [0.05, 0.1) is 22.3 Å². The second-order valence-electron chi connectivity index (χ2n) is 5.31. The van der Waals surface area contributed by atoms with E-state index in [1.807, 2.05) is 24.3 Å². The smallest absolute Gasteiger partial charge is 0.334 e. The maximum Gasteiger partial charge on any atom is 0.416 e. The number of carbonyl (C=O) groups is 1. The first-order valence-electron chi connectivity index (χ1n) is 7.44. The zero-order valence-corrected chi connectivity index (χ0v) is 13.7. The monoisotopic (exact) mass is 365 g/mol. The van der Waals surface area contributed by atoms with Crippen molar-refractivity contribution in [3.05, 3.63) is 64.7 Å². The average Bonchev–Trinajstić information content (AvgIpc) is 3.00. The summed E-state index contributed by atoms with van der Waals surface area (Å²) in [6, 6.07) is 12.1. The Hall–Kier alpha value is -2.61. The molecule has 0 unspecified atom stereocenters. The highest BCUT2D eigenvalue weighted by molar-refractivity contribution is 7.18. The van der Waals surface area contributed by atoms with Crippen molar-refractivity contribution in [2.24, 2.45) is 0 Å². The van der Waals surface area contributed by atoms with Crippen LogP contribution in [-0.2, 0) is 19.3 Å². The van der Waals surface area contributed by atoms with Crippen LogP contribution in [0.15, 0.2) is 48.5 Å². The van der Waals surface area contributed by atoms with Crippen LogP contribution < -0.4 is 10.6 Å². The minimum Gasteiger partial charge on any atom is -0.334 e. The Labute approximate surface area is 145 Å². The van der Waals surface area contributed by atoms with Gasteiger partial charge in [-0.25, -0.2) is 9.78 Å². The fourth-order valence-electron chi connectivity index (χ4n) is 2.25. The van der Waals surface area contributed by atoms with E-state index in [0.717, 1.165) is 27.4 Å². The van der Waals surface area contributed by atoms with Gasteiger partial charge in [-0.05, 0) is 29.8 Å². The standard InChI is InChI=1S/C17H14F3N3OS/c18-17(19,20)12-5-3-4-11(8-12)9-21-16(24)22-10-15-23-13-6-1-2-7-14(13)25-15/h1-8H,9-10H2,(H2,21,22,24). The van der Waals surface area contributed by atoms with Gasteiger partial charge in [0.1, 0.15) is 5.01 Å². The molecule has 3 rings (SSSR count). The molecule has 25 heavy (non-hydrogen) atoms. The number of para-hydroxylation sites is 1. The molecule has 4 nitrogen and oxygen atoms in total. The molecule has 3 aromatic rings. The predicted molar refractivity (Wildman–Crippen MR) is 90.1 cm³/mol. The minimum atomic E-state index is -4.40. The van der Waals surface area contributed by atoms with Crippen LogP contribution in [0.25, 0.3) is 10.2 Å². The summed E-state index contributed by atoms with van der Waals surface area (Å²) >= 11 is 1.48. The van der Waals surface area contributed by atoms with Crippen LogP contribution in [0.5, 0.6) is 0 Å². The van der Waals surface area contributed by atoms with Crippen molar-refractivity contribution in [1.82, 2.24) is 15.6 Å². The number of hydrogen-bond donors (Lipinski definition) is 2. The molecule has 0 spiro atoms. The molecule has 2 aromatic carbocycles. The maximum absolute atomic E-state index is 12.7. The van der Waals surface area contributed by atoms with E-state index < -0.39 is 17.8 Å². The van der Waals surface area contributed by atoms with Gasteiger partial charge in [-0.3, -0.25) is 0 Å². The summed E-state index contributed by atoms with van der Waals surface area (Å²) in [6.45, 7) is 0.267. The molecule has 0 radical (unpaired) electrons. The number of carbonyl (C=O) groups excluding carboxylic acids is 1. The van der Waals surface area contributed by atoms with Gasteiger partial charge in [0.15, 0.2) is 0 Å². The first kappa shape index (κ1) is 17.2. The Balaban J connectivity index is 1.53. The lowest BCUT2D eigenvalue weighted by Crippen LogP contribution is -2.34. The van der Waals surface area contributed by atoms with Crippen molar-refractivity contribution in [3.63, 3.8) is 0 Å². The van der Waals surface area contributed by atoms with Crippen molar-refractivity contribution in [1.29, 1.82) is 0 Å². The largest absolute Gasteiger partial charge is 0.416 e. The highest BCUT2D eigenvalue weighted by Crippen LogP contribution is 2.29. The Morgan fingerprint density at radius 1 is 1.04 bits per heavy atom. The normalized spacial score (nSPS) is 11.5. The first-order chi connectivity index (χ1) is 11.9. The molecule has 0 atom stereocenters. The number of rotatable bonds is 4. The van der Waals surface area contributed by atoms with Crippen LogP contribution in [0.3, 0.4) is 0 Å². The van der Waals surface area contributed by atoms with Gasteiger partial charge in [-0.2, -0.15) is 13.2 Å². The molecule has 0 saturated heterocycles. The van der Waals surface area contributed by atoms with Gasteiger partial charge in [0.2, 0.25) is 0 Å². The van der Waals surface area contributed by atoms with E-state index in [4.69, 9.17) is 0 Å². The molecule has 0 aliphatic heterocycles.